The molecule has 0 spiro atoms. The topological polar surface area (TPSA) is 15.3 Å². The van der Waals surface area contributed by atoms with E-state index < -0.39 is 0 Å². The number of rotatable bonds is 9. The Labute approximate surface area is 134 Å². The minimum absolute atomic E-state index is 0.675. The van der Waals surface area contributed by atoms with Crippen LogP contribution in [0.3, 0.4) is 0 Å². The average molecular weight is 297 g/mol. The van der Waals surface area contributed by atoms with Crippen molar-refractivity contribution < 1.29 is 0 Å². The zero-order valence-corrected chi connectivity index (χ0v) is 15.5. The molecule has 0 amide bonds. The first-order chi connectivity index (χ1) is 10.0. The molecule has 1 saturated heterocycles. The minimum atomic E-state index is 0.675. The molecule has 1 aliphatic rings. The number of piperazine rings is 1. The second-order valence-corrected chi connectivity index (χ2v) is 7.58. The number of nitrogens with one attached hydrogen (secondary N) is 1. The predicted molar refractivity (Wildman–Crippen MR) is 94.8 cm³/mol. The van der Waals surface area contributed by atoms with Crippen LogP contribution in [-0.2, 0) is 0 Å². The molecular formula is C19H40N2. The van der Waals surface area contributed by atoms with Gasteiger partial charge in [0.2, 0.25) is 0 Å². The zero-order valence-electron chi connectivity index (χ0n) is 15.5. The Hall–Kier alpha value is -0.0800. The van der Waals surface area contributed by atoms with Gasteiger partial charge in [0.15, 0.2) is 0 Å². The summed E-state index contributed by atoms with van der Waals surface area (Å²) < 4.78 is 0. The maximum atomic E-state index is 3.81. The minimum Gasteiger partial charge on any atom is -0.311 e. The van der Waals surface area contributed by atoms with Gasteiger partial charge in [-0.1, -0.05) is 67.2 Å². The van der Waals surface area contributed by atoms with Crippen molar-refractivity contribution in [1.29, 1.82) is 0 Å². The first kappa shape index (κ1) is 19.0. The third-order valence-corrected chi connectivity index (χ3v) is 5.63. The van der Waals surface area contributed by atoms with Crippen LogP contribution in [0.2, 0.25) is 0 Å². The van der Waals surface area contributed by atoms with E-state index in [-0.39, 0.29) is 0 Å². The average Bonchev–Trinajstić information content (AvgIpc) is 2.50. The maximum Gasteiger partial charge on any atom is 0.0247 e. The highest BCUT2D eigenvalue weighted by atomic mass is 15.2. The van der Waals surface area contributed by atoms with Crippen LogP contribution in [0.15, 0.2) is 0 Å². The molecule has 0 bridgehead atoms. The Bertz CT molecular complexity index is 264. The van der Waals surface area contributed by atoms with E-state index >= 15 is 0 Å². The number of unbranched alkanes of at least 4 members (excludes halogenated alkanes) is 1. The summed E-state index contributed by atoms with van der Waals surface area (Å²) in [6.07, 6.45) is 6.77. The molecular weight excluding hydrogens is 256 g/mol. The molecule has 0 aliphatic carbocycles. The summed E-state index contributed by atoms with van der Waals surface area (Å²) >= 11 is 0. The van der Waals surface area contributed by atoms with Crippen LogP contribution in [0.5, 0.6) is 0 Å². The van der Waals surface area contributed by atoms with E-state index in [9.17, 15) is 0 Å². The summed E-state index contributed by atoms with van der Waals surface area (Å²) in [7, 11) is 0. The molecule has 0 aromatic heterocycles. The third kappa shape index (κ3) is 5.90. The molecule has 1 aliphatic heterocycles. The fraction of sp³-hybridized carbons (Fsp3) is 1.00. The molecule has 0 saturated carbocycles. The van der Waals surface area contributed by atoms with E-state index in [2.05, 4.69) is 51.8 Å². The van der Waals surface area contributed by atoms with E-state index in [0.717, 1.165) is 23.8 Å². The Kier molecular flexibility index (Phi) is 8.89. The van der Waals surface area contributed by atoms with E-state index in [1.807, 2.05) is 0 Å². The molecule has 2 heteroatoms. The molecule has 1 rings (SSSR count). The number of hydrogen-bond acceptors (Lipinski definition) is 2. The van der Waals surface area contributed by atoms with Crippen molar-refractivity contribution in [3.63, 3.8) is 0 Å². The van der Waals surface area contributed by atoms with E-state index in [1.54, 1.807) is 0 Å². The largest absolute Gasteiger partial charge is 0.311 e. The Morgan fingerprint density at radius 2 is 1.81 bits per heavy atom. The lowest BCUT2D eigenvalue weighted by atomic mass is 9.89. The Balaban J connectivity index is 2.68. The van der Waals surface area contributed by atoms with Crippen molar-refractivity contribution in [1.82, 2.24) is 10.2 Å². The Morgan fingerprint density at radius 3 is 2.33 bits per heavy atom. The summed E-state index contributed by atoms with van der Waals surface area (Å²) in [6.45, 7) is 17.9. The van der Waals surface area contributed by atoms with E-state index in [4.69, 9.17) is 0 Å². The van der Waals surface area contributed by atoms with Gasteiger partial charge < -0.3 is 5.32 Å². The molecule has 1 N–H and O–H groups in total. The van der Waals surface area contributed by atoms with Crippen molar-refractivity contribution in [3.8, 4) is 0 Å². The quantitative estimate of drug-likeness (QED) is 0.671. The highest BCUT2D eigenvalue weighted by Gasteiger charge is 2.32. The molecule has 1 heterocycles. The summed E-state index contributed by atoms with van der Waals surface area (Å²) in [4.78, 5) is 2.83. The van der Waals surface area contributed by atoms with Gasteiger partial charge in [-0.15, -0.1) is 0 Å². The van der Waals surface area contributed by atoms with Crippen molar-refractivity contribution in [3.05, 3.63) is 0 Å². The lowest BCUT2D eigenvalue weighted by molar-refractivity contribution is 0.0618. The van der Waals surface area contributed by atoms with Crippen molar-refractivity contribution in [2.45, 2.75) is 85.7 Å². The SMILES string of the molecule is CCCCC(CC)CN1CC(C(C)C)NCC1C(C)CC. The van der Waals surface area contributed by atoms with E-state index in [1.165, 1.54) is 51.7 Å². The van der Waals surface area contributed by atoms with Crippen LogP contribution in [0, 0.1) is 17.8 Å². The van der Waals surface area contributed by atoms with Crippen LogP contribution in [0.4, 0.5) is 0 Å². The molecule has 21 heavy (non-hydrogen) atoms. The normalized spacial score (nSPS) is 27.0. The van der Waals surface area contributed by atoms with Gasteiger partial charge in [-0.3, -0.25) is 4.90 Å². The molecule has 0 radical (unpaired) electrons. The predicted octanol–water partition coefficient (Wildman–Crippen LogP) is 4.55. The highest BCUT2D eigenvalue weighted by molar-refractivity contribution is 4.90. The number of hydrogen-bond donors (Lipinski definition) is 1. The molecule has 0 aromatic carbocycles. The van der Waals surface area contributed by atoms with Crippen molar-refractivity contribution in [2.24, 2.45) is 17.8 Å². The third-order valence-electron chi connectivity index (χ3n) is 5.63. The second-order valence-electron chi connectivity index (χ2n) is 7.58. The van der Waals surface area contributed by atoms with Crippen LogP contribution in [0.1, 0.15) is 73.6 Å². The summed E-state index contributed by atoms with van der Waals surface area (Å²) in [5.41, 5.74) is 0. The first-order valence-corrected chi connectivity index (χ1v) is 9.50. The smallest absolute Gasteiger partial charge is 0.0247 e. The van der Waals surface area contributed by atoms with Crippen LogP contribution < -0.4 is 5.32 Å². The molecule has 4 unspecified atom stereocenters. The maximum absolute atomic E-state index is 3.81. The Morgan fingerprint density at radius 1 is 1.10 bits per heavy atom. The fourth-order valence-electron chi connectivity index (χ4n) is 3.59. The van der Waals surface area contributed by atoms with E-state index in [0.29, 0.717) is 6.04 Å². The van der Waals surface area contributed by atoms with Gasteiger partial charge >= 0.3 is 0 Å². The van der Waals surface area contributed by atoms with Gasteiger partial charge in [0.1, 0.15) is 0 Å². The second kappa shape index (κ2) is 9.84. The van der Waals surface area contributed by atoms with Gasteiger partial charge in [0.25, 0.3) is 0 Å². The standard InChI is InChI=1S/C19H40N2/c1-7-10-11-17(9-3)13-21-14-18(15(4)5)20-12-19(21)16(6)8-2/h15-20H,7-14H2,1-6H3. The molecule has 4 atom stereocenters. The van der Waals surface area contributed by atoms with Crippen molar-refractivity contribution in [2.75, 3.05) is 19.6 Å². The molecule has 2 nitrogen and oxygen atoms in total. The van der Waals surface area contributed by atoms with Gasteiger partial charge in [-0.2, -0.15) is 0 Å². The van der Waals surface area contributed by atoms with Crippen LogP contribution in [0.25, 0.3) is 0 Å². The lowest BCUT2D eigenvalue weighted by Gasteiger charge is -2.45. The fourth-order valence-corrected chi connectivity index (χ4v) is 3.59. The molecule has 1 fully saturated rings. The van der Waals surface area contributed by atoms with Gasteiger partial charge in [0, 0.05) is 31.7 Å². The van der Waals surface area contributed by atoms with Gasteiger partial charge in [-0.25, -0.2) is 0 Å². The number of nitrogens with zero attached hydrogens (tertiary/aromatic N) is 1. The first-order valence-electron chi connectivity index (χ1n) is 9.50. The zero-order chi connectivity index (χ0) is 15.8. The molecule has 126 valence electrons. The van der Waals surface area contributed by atoms with Gasteiger partial charge in [0.05, 0.1) is 0 Å². The van der Waals surface area contributed by atoms with Crippen LogP contribution >= 0.6 is 0 Å². The van der Waals surface area contributed by atoms with Crippen molar-refractivity contribution >= 4 is 0 Å². The highest BCUT2D eigenvalue weighted by Crippen LogP contribution is 2.24. The van der Waals surface area contributed by atoms with Gasteiger partial charge in [-0.05, 0) is 24.2 Å². The lowest BCUT2D eigenvalue weighted by Crippen LogP contribution is -2.60. The monoisotopic (exact) mass is 296 g/mol. The molecule has 0 aromatic rings. The summed E-state index contributed by atoms with van der Waals surface area (Å²) in [5.74, 6) is 2.43. The summed E-state index contributed by atoms with van der Waals surface area (Å²) in [6, 6.07) is 1.41. The summed E-state index contributed by atoms with van der Waals surface area (Å²) in [5, 5.41) is 3.81. The van der Waals surface area contributed by atoms with Crippen LogP contribution in [-0.4, -0.2) is 36.6 Å².